The van der Waals surface area contributed by atoms with Gasteiger partial charge in [-0.3, -0.25) is 0 Å². The lowest BCUT2D eigenvalue weighted by molar-refractivity contribution is 0.578. The predicted octanol–water partition coefficient (Wildman–Crippen LogP) is 5.50. The Bertz CT molecular complexity index is 718. The maximum absolute atomic E-state index is 9.43. The maximum Gasteiger partial charge on any atom is 0.0998 e. The Balaban J connectivity index is 1.80. The van der Waals surface area contributed by atoms with Crippen molar-refractivity contribution >= 4 is 33.3 Å². The van der Waals surface area contributed by atoms with Gasteiger partial charge in [0.25, 0.3) is 0 Å². The van der Waals surface area contributed by atoms with Crippen LogP contribution in [0.2, 0.25) is 0 Å². The normalized spacial score (nSPS) is 15.3. The zero-order valence-electron chi connectivity index (χ0n) is 13.0. The van der Waals surface area contributed by atoms with E-state index in [0.717, 1.165) is 28.7 Å². The van der Waals surface area contributed by atoms with Crippen LogP contribution in [0.5, 0.6) is 0 Å². The van der Waals surface area contributed by atoms with Gasteiger partial charge in [-0.1, -0.05) is 40.2 Å². The number of nitriles is 1. The van der Waals surface area contributed by atoms with E-state index in [9.17, 15) is 5.26 Å². The lowest BCUT2D eigenvalue weighted by atomic mass is 10.0. The van der Waals surface area contributed by atoms with E-state index in [2.05, 4.69) is 51.2 Å². The zero-order valence-corrected chi connectivity index (χ0v) is 14.6. The predicted molar refractivity (Wildman–Crippen MR) is 100 cm³/mol. The Hall–Kier alpha value is -2.05. The van der Waals surface area contributed by atoms with Crippen LogP contribution in [-0.4, -0.2) is 13.1 Å². The highest BCUT2D eigenvalue weighted by Crippen LogP contribution is 2.23. The SMILES string of the molecule is N#CC(=Cc1ccc(N2CCCCC2)cc1)c1ccc(Br)cc1. The highest BCUT2D eigenvalue weighted by molar-refractivity contribution is 9.10. The summed E-state index contributed by atoms with van der Waals surface area (Å²) >= 11 is 3.42. The molecule has 1 fully saturated rings. The minimum atomic E-state index is 0.684. The van der Waals surface area contributed by atoms with Gasteiger partial charge < -0.3 is 4.90 Å². The second-order valence-corrected chi connectivity index (χ2v) is 6.73. The van der Waals surface area contributed by atoms with Crippen molar-refractivity contribution in [3.8, 4) is 6.07 Å². The smallest absolute Gasteiger partial charge is 0.0998 e. The molecule has 0 aliphatic carbocycles. The number of anilines is 1. The van der Waals surface area contributed by atoms with Crippen LogP contribution in [-0.2, 0) is 0 Å². The molecule has 1 aliphatic heterocycles. The van der Waals surface area contributed by atoms with Crippen molar-refractivity contribution in [1.82, 2.24) is 0 Å². The fourth-order valence-corrected chi connectivity index (χ4v) is 3.17. The summed E-state index contributed by atoms with van der Waals surface area (Å²) in [6, 6.07) is 18.7. The summed E-state index contributed by atoms with van der Waals surface area (Å²) < 4.78 is 1.02. The van der Waals surface area contributed by atoms with Crippen LogP contribution >= 0.6 is 15.9 Å². The number of nitrogens with zero attached hydrogens (tertiary/aromatic N) is 2. The van der Waals surface area contributed by atoms with Crippen LogP contribution in [0, 0.1) is 11.3 Å². The van der Waals surface area contributed by atoms with Crippen LogP contribution in [0.3, 0.4) is 0 Å². The molecule has 1 aliphatic rings. The highest BCUT2D eigenvalue weighted by atomic mass is 79.9. The number of allylic oxidation sites excluding steroid dienone is 1. The van der Waals surface area contributed by atoms with Crippen molar-refractivity contribution in [2.75, 3.05) is 18.0 Å². The molecule has 0 unspecified atom stereocenters. The van der Waals surface area contributed by atoms with Crippen LogP contribution in [0.15, 0.2) is 53.0 Å². The molecule has 23 heavy (non-hydrogen) atoms. The fourth-order valence-electron chi connectivity index (χ4n) is 2.91. The fraction of sp³-hybridized carbons (Fsp3) is 0.250. The van der Waals surface area contributed by atoms with Crippen LogP contribution in [0.4, 0.5) is 5.69 Å². The molecule has 1 saturated heterocycles. The number of hydrogen-bond donors (Lipinski definition) is 0. The number of halogens is 1. The third-order valence-corrected chi connectivity index (χ3v) is 4.73. The first-order valence-electron chi connectivity index (χ1n) is 7.99. The Morgan fingerprint density at radius 3 is 2.22 bits per heavy atom. The van der Waals surface area contributed by atoms with Gasteiger partial charge in [-0.15, -0.1) is 0 Å². The van der Waals surface area contributed by atoms with Gasteiger partial charge >= 0.3 is 0 Å². The molecule has 0 amide bonds. The molecule has 0 spiro atoms. The van der Waals surface area contributed by atoms with Crippen LogP contribution in [0.1, 0.15) is 30.4 Å². The first-order chi connectivity index (χ1) is 11.3. The maximum atomic E-state index is 9.43. The molecule has 1 heterocycles. The monoisotopic (exact) mass is 366 g/mol. The summed E-state index contributed by atoms with van der Waals surface area (Å²) in [7, 11) is 0. The number of piperidine rings is 1. The molecule has 0 radical (unpaired) electrons. The Kier molecular flexibility index (Phi) is 5.15. The van der Waals surface area contributed by atoms with Crippen molar-refractivity contribution < 1.29 is 0 Å². The third-order valence-electron chi connectivity index (χ3n) is 4.20. The van der Waals surface area contributed by atoms with E-state index in [4.69, 9.17) is 0 Å². The van der Waals surface area contributed by atoms with Crippen LogP contribution in [0.25, 0.3) is 11.6 Å². The van der Waals surface area contributed by atoms with E-state index in [0.29, 0.717) is 5.57 Å². The summed E-state index contributed by atoms with van der Waals surface area (Å²) in [5.74, 6) is 0. The van der Waals surface area contributed by atoms with Gasteiger partial charge in [0.15, 0.2) is 0 Å². The zero-order chi connectivity index (χ0) is 16.1. The minimum Gasteiger partial charge on any atom is -0.372 e. The summed E-state index contributed by atoms with van der Waals surface area (Å²) in [4.78, 5) is 2.44. The Morgan fingerprint density at radius 2 is 1.61 bits per heavy atom. The summed E-state index contributed by atoms with van der Waals surface area (Å²) in [6.07, 6.45) is 5.85. The van der Waals surface area contributed by atoms with Crippen molar-refractivity contribution in [3.05, 3.63) is 64.1 Å². The first-order valence-corrected chi connectivity index (χ1v) is 8.78. The summed E-state index contributed by atoms with van der Waals surface area (Å²) in [5, 5.41) is 9.43. The van der Waals surface area contributed by atoms with E-state index >= 15 is 0 Å². The van der Waals surface area contributed by atoms with Crippen LogP contribution < -0.4 is 4.90 Å². The van der Waals surface area contributed by atoms with E-state index < -0.39 is 0 Å². The molecule has 2 aromatic rings. The van der Waals surface area contributed by atoms with Crippen molar-refractivity contribution in [3.63, 3.8) is 0 Å². The second-order valence-electron chi connectivity index (χ2n) is 5.82. The van der Waals surface area contributed by atoms with Crippen molar-refractivity contribution in [2.45, 2.75) is 19.3 Å². The molecule has 2 aromatic carbocycles. The van der Waals surface area contributed by atoms with Gasteiger partial charge in [0.05, 0.1) is 11.6 Å². The molecule has 0 N–H and O–H groups in total. The standard InChI is InChI=1S/C20H19BrN2/c21-19-8-6-17(7-9-19)18(15-22)14-16-4-10-20(11-5-16)23-12-2-1-3-13-23/h4-11,14H,1-3,12-13H2. The molecule has 3 rings (SSSR count). The second kappa shape index (κ2) is 7.48. The minimum absolute atomic E-state index is 0.684. The molecule has 0 bridgehead atoms. The Morgan fingerprint density at radius 1 is 0.957 bits per heavy atom. The van der Waals surface area contributed by atoms with Gasteiger partial charge in [-0.25, -0.2) is 0 Å². The van der Waals surface area contributed by atoms with Gasteiger partial charge in [0, 0.05) is 23.2 Å². The summed E-state index contributed by atoms with van der Waals surface area (Å²) in [6.45, 7) is 2.30. The van der Waals surface area contributed by atoms with E-state index in [-0.39, 0.29) is 0 Å². The van der Waals surface area contributed by atoms with E-state index in [1.807, 2.05) is 30.3 Å². The number of rotatable bonds is 3. The molecule has 0 atom stereocenters. The molecule has 0 saturated carbocycles. The van der Waals surface area contributed by atoms with Crippen molar-refractivity contribution in [2.24, 2.45) is 0 Å². The van der Waals surface area contributed by atoms with Gasteiger partial charge in [-0.2, -0.15) is 5.26 Å². The van der Waals surface area contributed by atoms with E-state index in [1.54, 1.807) is 0 Å². The average molecular weight is 367 g/mol. The lowest BCUT2D eigenvalue weighted by Gasteiger charge is -2.28. The lowest BCUT2D eigenvalue weighted by Crippen LogP contribution is -2.29. The number of hydrogen-bond acceptors (Lipinski definition) is 2. The van der Waals surface area contributed by atoms with E-state index in [1.165, 1.54) is 24.9 Å². The topological polar surface area (TPSA) is 27.0 Å². The molecule has 0 aromatic heterocycles. The molecule has 3 heteroatoms. The average Bonchev–Trinajstić information content (AvgIpc) is 2.62. The molecular weight excluding hydrogens is 348 g/mol. The van der Waals surface area contributed by atoms with Gasteiger partial charge in [-0.05, 0) is 60.7 Å². The molecule has 116 valence electrons. The highest BCUT2D eigenvalue weighted by Gasteiger charge is 2.10. The third kappa shape index (κ3) is 4.03. The van der Waals surface area contributed by atoms with Crippen molar-refractivity contribution in [1.29, 1.82) is 5.26 Å². The number of benzene rings is 2. The summed E-state index contributed by atoms with van der Waals surface area (Å²) in [5.41, 5.74) is 3.97. The largest absolute Gasteiger partial charge is 0.372 e. The van der Waals surface area contributed by atoms with Gasteiger partial charge in [0.2, 0.25) is 0 Å². The molecular formula is C20H19BrN2. The first kappa shape index (κ1) is 15.8. The van der Waals surface area contributed by atoms with Gasteiger partial charge in [0.1, 0.15) is 0 Å². The molecule has 2 nitrogen and oxygen atoms in total. The Labute approximate surface area is 146 Å². The quantitative estimate of drug-likeness (QED) is 0.529.